The molecule has 24 heavy (non-hydrogen) atoms. The van der Waals surface area contributed by atoms with Crippen LogP contribution < -0.4 is 5.32 Å². The molecule has 1 amide bonds. The zero-order valence-electron chi connectivity index (χ0n) is 13.7. The highest BCUT2D eigenvalue weighted by molar-refractivity contribution is 6.11. The molecule has 2 heterocycles. The van der Waals surface area contributed by atoms with Gasteiger partial charge in [0, 0.05) is 47.3 Å². The average molecular weight is 318 g/mol. The van der Waals surface area contributed by atoms with E-state index in [2.05, 4.69) is 46.2 Å². The number of hydrogen-bond donors (Lipinski definition) is 1. The first kappa shape index (κ1) is 14.5. The first-order chi connectivity index (χ1) is 11.7. The Balaban J connectivity index is 1.78. The average Bonchev–Trinajstić information content (AvgIpc) is 3.16. The number of carbonyl (C=O) groups excluding carboxylic acids is 1. The van der Waals surface area contributed by atoms with Crippen LogP contribution in [-0.4, -0.2) is 20.3 Å². The van der Waals surface area contributed by atoms with Gasteiger partial charge in [0.05, 0.1) is 11.8 Å². The molecule has 1 N–H and O–H groups in total. The van der Waals surface area contributed by atoms with E-state index in [1.807, 2.05) is 18.2 Å². The maximum Gasteiger partial charge on any atom is 0.258 e. The van der Waals surface area contributed by atoms with Crippen molar-refractivity contribution in [3.05, 3.63) is 60.4 Å². The van der Waals surface area contributed by atoms with Gasteiger partial charge in [0.15, 0.2) is 0 Å². The second-order valence-electron chi connectivity index (χ2n) is 5.85. The second kappa shape index (κ2) is 5.53. The van der Waals surface area contributed by atoms with Crippen molar-refractivity contribution in [2.24, 2.45) is 7.05 Å². The molecule has 5 heteroatoms. The van der Waals surface area contributed by atoms with Gasteiger partial charge < -0.3 is 9.88 Å². The van der Waals surface area contributed by atoms with Gasteiger partial charge >= 0.3 is 0 Å². The van der Waals surface area contributed by atoms with E-state index in [0.717, 1.165) is 17.6 Å². The first-order valence-electron chi connectivity index (χ1n) is 7.98. The van der Waals surface area contributed by atoms with E-state index in [1.165, 1.54) is 16.4 Å². The lowest BCUT2D eigenvalue weighted by Gasteiger charge is -2.05. The number of aromatic nitrogens is 3. The van der Waals surface area contributed by atoms with Crippen molar-refractivity contribution in [1.82, 2.24) is 14.3 Å². The highest BCUT2D eigenvalue weighted by atomic mass is 16.1. The number of carbonyl (C=O) groups is 1. The standard InChI is InChI=1S/C19H18N4O/c1-3-23-17-7-5-4-6-15(17)16-10-14(8-9-18(16)23)21-19(24)13-11-20-22(2)12-13/h4-12H,3H2,1-2H3,(H,21,24). The summed E-state index contributed by atoms with van der Waals surface area (Å²) in [6, 6.07) is 14.4. The van der Waals surface area contributed by atoms with Crippen LogP contribution in [-0.2, 0) is 13.6 Å². The minimum absolute atomic E-state index is 0.151. The largest absolute Gasteiger partial charge is 0.341 e. The summed E-state index contributed by atoms with van der Waals surface area (Å²) in [7, 11) is 1.79. The van der Waals surface area contributed by atoms with E-state index in [9.17, 15) is 4.79 Å². The number of nitrogens with zero attached hydrogens (tertiary/aromatic N) is 3. The summed E-state index contributed by atoms with van der Waals surface area (Å²) in [4.78, 5) is 12.3. The van der Waals surface area contributed by atoms with E-state index in [4.69, 9.17) is 0 Å². The van der Waals surface area contributed by atoms with Gasteiger partial charge in [-0.05, 0) is 31.2 Å². The molecule has 0 aliphatic rings. The van der Waals surface area contributed by atoms with Crippen LogP contribution >= 0.6 is 0 Å². The van der Waals surface area contributed by atoms with Crippen molar-refractivity contribution in [1.29, 1.82) is 0 Å². The summed E-state index contributed by atoms with van der Waals surface area (Å²) in [6.45, 7) is 3.05. The smallest absolute Gasteiger partial charge is 0.258 e. The van der Waals surface area contributed by atoms with Crippen molar-refractivity contribution < 1.29 is 4.79 Å². The molecule has 0 radical (unpaired) electrons. The van der Waals surface area contributed by atoms with Crippen molar-refractivity contribution in [3.63, 3.8) is 0 Å². The third-order valence-electron chi connectivity index (χ3n) is 4.31. The lowest BCUT2D eigenvalue weighted by Crippen LogP contribution is -2.10. The molecule has 2 aromatic heterocycles. The highest BCUT2D eigenvalue weighted by Crippen LogP contribution is 2.31. The normalized spacial score (nSPS) is 11.2. The zero-order chi connectivity index (χ0) is 16.7. The van der Waals surface area contributed by atoms with E-state index in [0.29, 0.717) is 5.56 Å². The molecule has 4 rings (SSSR count). The van der Waals surface area contributed by atoms with Crippen LogP contribution in [0.15, 0.2) is 54.9 Å². The van der Waals surface area contributed by atoms with Gasteiger partial charge in [-0.25, -0.2) is 0 Å². The molecule has 0 atom stereocenters. The van der Waals surface area contributed by atoms with Gasteiger partial charge in [0.25, 0.3) is 5.91 Å². The Bertz CT molecular complexity index is 1060. The summed E-state index contributed by atoms with van der Waals surface area (Å²) in [5.74, 6) is -0.151. The number of nitrogens with one attached hydrogen (secondary N) is 1. The third kappa shape index (κ3) is 2.25. The van der Waals surface area contributed by atoms with Gasteiger partial charge in [0.1, 0.15) is 0 Å². The van der Waals surface area contributed by atoms with Crippen LogP contribution in [0.1, 0.15) is 17.3 Å². The predicted molar refractivity (Wildman–Crippen MR) is 96.3 cm³/mol. The molecule has 4 aromatic rings. The Kier molecular flexibility index (Phi) is 3.34. The molecule has 0 bridgehead atoms. The Morgan fingerprint density at radius 2 is 1.92 bits per heavy atom. The summed E-state index contributed by atoms with van der Waals surface area (Å²) in [5, 5.41) is 9.34. The van der Waals surface area contributed by atoms with Gasteiger partial charge in [-0.2, -0.15) is 5.10 Å². The van der Waals surface area contributed by atoms with Crippen LogP contribution in [0.25, 0.3) is 21.8 Å². The molecule has 5 nitrogen and oxygen atoms in total. The molecule has 120 valence electrons. The maximum absolute atomic E-state index is 12.3. The van der Waals surface area contributed by atoms with Gasteiger partial charge in [-0.3, -0.25) is 9.48 Å². The molecule has 0 aliphatic heterocycles. The minimum Gasteiger partial charge on any atom is -0.341 e. The fourth-order valence-corrected chi connectivity index (χ4v) is 3.21. The molecular formula is C19H18N4O. The number of hydrogen-bond acceptors (Lipinski definition) is 2. The first-order valence-corrected chi connectivity index (χ1v) is 7.98. The summed E-state index contributed by atoms with van der Waals surface area (Å²) < 4.78 is 3.91. The fraction of sp³-hybridized carbons (Fsp3) is 0.158. The van der Waals surface area contributed by atoms with Crippen LogP contribution in [0.2, 0.25) is 0 Å². The van der Waals surface area contributed by atoms with Crippen LogP contribution in [0, 0.1) is 0 Å². The molecular weight excluding hydrogens is 300 g/mol. The number of rotatable bonds is 3. The van der Waals surface area contributed by atoms with E-state index >= 15 is 0 Å². The van der Waals surface area contributed by atoms with E-state index < -0.39 is 0 Å². The summed E-state index contributed by atoms with van der Waals surface area (Å²) in [6.07, 6.45) is 3.27. The van der Waals surface area contributed by atoms with Crippen LogP contribution in [0.4, 0.5) is 5.69 Å². The lowest BCUT2D eigenvalue weighted by atomic mass is 10.1. The van der Waals surface area contributed by atoms with E-state index in [-0.39, 0.29) is 5.91 Å². The van der Waals surface area contributed by atoms with Crippen molar-refractivity contribution in [3.8, 4) is 0 Å². The lowest BCUT2D eigenvalue weighted by molar-refractivity contribution is 0.102. The number of para-hydroxylation sites is 1. The number of aryl methyl sites for hydroxylation is 2. The molecule has 0 spiro atoms. The fourth-order valence-electron chi connectivity index (χ4n) is 3.21. The Hall–Kier alpha value is -3.08. The highest BCUT2D eigenvalue weighted by Gasteiger charge is 2.12. The maximum atomic E-state index is 12.3. The Morgan fingerprint density at radius 3 is 2.67 bits per heavy atom. The molecule has 0 aliphatic carbocycles. The molecule has 0 saturated heterocycles. The minimum atomic E-state index is -0.151. The number of benzene rings is 2. The monoisotopic (exact) mass is 318 g/mol. The SMILES string of the molecule is CCn1c2ccccc2c2cc(NC(=O)c3cnn(C)c3)ccc21. The third-order valence-corrected chi connectivity index (χ3v) is 4.31. The van der Waals surface area contributed by atoms with Crippen LogP contribution in [0.3, 0.4) is 0 Å². The number of anilines is 1. The van der Waals surface area contributed by atoms with Crippen LogP contribution in [0.5, 0.6) is 0 Å². The van der Waals surface area contributed by atoms with Crippen molar-refractivity contribution >= 4 is 33.4 Å². The number of fused-ring (bicyclic) bond motifs is 3. The Morgan fingerprint density at radius 1 is 1.12 bits per heavy atom. The number of amides is 1. The van der Waals surface area contributed by atoms with Gasteiger partial charge in [-0.1, -0.05) is 18.2 Å². The van der Waals surface area contributed by atoms with E-state index in [1.54, 1.807) is 24.1 Å². The Labute approximate surface area is 139 Å². The molecule has 0 fully saturated rings. The zero-order valence-corrected chi connectivity index (χ0v) is 13.7. The second-order valence-corrected chi connectivity index (χ2v) is 5.85. The van der Waals surface area contributed by atoms with Gasteiger partial charge in [0.2, 0.25) is 0 Å². The van der Waals surface area contributed by atoms with Crippen molar-refractivity contribution in [2.45, 2.75) is 13.5 Å². The molecule has 0 saturated carbocycles. The summed E-state index contributed by atoms with van der Waals surface area (Å²) >= 11 is 0. The molecule has 0 unspecified atom stereocenters. The predicted octanol–water partition coefficient (Wildman–Crippen LogP) is 3.80. The summed E-state index contributed by atoms with van der Waals surface area (Å²) in [5.41, 5.74) is 3.73. The quantitative estimate of drug-likeness (QED) is 0.624. The van der Waals surface area contributed by atoms with Crippen molar-refractivity contribution in [2.75, 3.05) is 5.32 Å². The topological polar surface area (TPSA) is 51.9 Å². The molecule has 2 aromatic carbocycles. The van der Waals surface area contributed by atoms with Gasteiger partial charge in [-0.15, -0.1) is 0 Å².